The van der Waals surface area contributed by atoms with E-state index in [0.717, 1.165) is 42.9 Å². The molecule has 0 fully saturated rings. The number of likely N-dealkylation sites (N-methyl/N-ethyl adjacent to an activating group) is 1. The molecule has 0 aliphatic rings. The molecule has 0 aromatic carbocycles. The van der Waals surface area contributed by atoms with Crippen molar-refractivity contribution in [2.45, 2.75) is 26.3 Å². The van der Waals surface area contributed by atoms with Crippen molar-refractivity contribution in [3.05, 3.63) is 24.2 Å². The predicted molar refractivity (Wildman–Crippen MR) is 70.1 cm³/mol. The van der Waals surface area contributed by atoms with Gasteiger partial charge in [-0.1, -0.05) is 6.92 Å². The number of imidazole rings is 1. The summed E-state index contributed by atoms with van der Waals surface area (Å²) < 4.78 is 2.25. The molecule has 4 heteroatoms. The van der Waals surface area contributed by atoms with Crippen LogP contribution < -0.4 is 0 Å². The van der Waals surface area contributed by atoms with Gasteiger partial charge in [0, 0.05) is 25.7 Å². The van der Waals surface area contributed by atoms with Gasteiger partial charge < -0.3 is 9.47 Å². The fourth-order valence-corrected chi connectivity index (χ4v) is 1.95. The lowest BCUT2D eigenvalue weighted by Gasteiger charge is -2.12. The number of hydrogen-bond acceptors (Lipinski definition) is 3. The number of rotatable bonds is 5. The van der Waals surface area contributed by atoms with Crippen LogP contribution >= 0.6 is 0 Å². The van der Waals surface area contributed by atoms with E-state index in [9.17, 15) is 0 Å². The van der Waals surface area contributed by atoms with Gasteiger partial charge >= 0.3 is 0 Å². The molecule has 0 amide bonds. The molecule has 0 radical (unpaired) electrons. The van der Waals surface area contributed by atoms with Crippen molar-refractivity contribution in [1.29, 1.82) is 0 Å². The Morgan fingerprint density at radius 3 is 2.88 bits per heavy atom. The van der Waals surface area contributed by atoms with Gasteiger partial charge in [-0.25, -0.2) is 9.97 Å². The molecule has 0 aliphatic heterocycles. The largest absolute Gasteiger partial charge is 0.311 e. The number of hydrogen-bond donors (Lipinski definition) is 0. The minimum Gasteiger partial charge on any atom is -0.311 e. The Morgan fingerprint density at radius 1 is 1.35 bits per heavy atom. The molecule has 2 aromatic rings. The van der Waals surface area contributed by atoms with Gasteiger partial charge in [0.05, 0.1) is 0 Å². The van der Waals surface area contributed by atoms with E-state index in [1.165, 1.54) is 0 Å². The van der Waals surface area contributed by atoms with Crippen LogP contribution in [0.1, 0.15) is 19.2 Å². The summed E-state index contributed by atoms with van der Waals surface area (Å²) in [5, 5.41) is 0. The summed E-state index contributed by atoms with van der Waals surface area (Å²) in [6.45, 7) is 4.15. The van der Waals surface area contributed by atoms with Crippen LogP contribution in [0.2, 0.25) is 0 Å². The highest BCUT2D eigenvalue weighted by atomic mass is 15.2. The van der Waals surface area contributed by atoms with Gasteiger partial charge in [-0.05, 0) is 32.6 Å². The van der Waals surface area contributed by atoms with Crippen LogP contribution in [0.15, 0.2) is 18.3 Å². The number of aryl methyl sites for hydroxylation is 1. The van der Waals surface area contributed by atoms with Crippen LogP contribution in [0.4, 0.5) is 0 Å². The monoisotopic (exact) mass is 232 g/mol. The topological polar surface area (TPSA) is 34.0 Å². The average Bonchev–Trinajstić information content (AvgIpc) is 2.64. The molecule has 0 N–H and O–H groups in total. The highest BCUT2D eigenvalue weighted by molar-refractivity contribution is 5.71. The summed E-state index contributed by atoms with van der Waals surface area (Å²) in [7, 11) is 4.18. The fourth-order valence-electron chi connectivity index (χ4n) is 1.95. The van der Waals surface area contributed by atoms with Crippen molar-refractivity contribution in [1.82, 2.24) is 19.4 Å². The maximum Gasteiger partial charge on any atom is 0.160 e. The SMILES string of the molecule is CCCc1nc2cccnc2n1CCN(C)C. The zero-order chi connectivity index (χ0) is 12.3. The maximum absolute atomic E-state index is 4.66. The predicted octanol–water partition coefficient (Wildman–Crippen LogP) is 1.95. The van der Waals surface area contributed by atoms with E-state index in [0.29, 0.717) is 0 Å². The molecule has 0 bridgehead atoms. The first kappa shape index (κ1) is 12.0. The van der Waals surface area contributed by atoms with E-state index < -0.39 is 0 Å². The van der Waals surface area contributed by atoms with Crippen LogP contribution in [0.5, 0.6) is 0 Å². The van der Waals surface area contributed by atoms with Crippen molar-refractivity contribution in [3.8, 4) is 0 Å². The Morgan fingerprint density at radius 2 is 2.18 bits per heavy atom. The zero-order valence-electron chi connectivity index (χ0n) is 10.8. The molecule has 2 aromatic heterocycles. The van der Waals surface area contributed by atoms with Crippen LogP contribution in [0.3, 0.4) is 0 Å². The molecule has 0 spiro atoms. The average molecular weight is 232 g/mol. The first-order chi connectivity index (χ1) is 8.22. The Labute approximate surface area is 102 Å². The third kappa shape index (κ3) is 2.64. The number of fused-ring (bicyclic) bond motifs is 1. The molecule has 0 atom stereocenters. The van der Waals surface area contributed by atoms with E-state index in [4.69, 9.17) is 0 Å². The van der Waals surface area contributed by atoms with Gasteiger partial charge in [0.25, 0.3) is 0 Å². The zero-order valence-corrected chi connectivity index (χ0v) is 10.8. The van der Waals surface area contributed by atoms with Gasteiger partial charge in [0.2, 0.25) is 0 Å². The van der Waals surface area contributed by atoms with Crippen LogP contribution in [-0.2, 0) is 13.0 Å². The van der Waals surface area contributed by atoms with Crippen LogP contribution in [0, 0.1) is 0 Å². The van der Waals surface area contributed by atoms with Gasteiger partial charge in [0.15, 0.2) is 5.65 Å². The van der Waals surface area contributed by atoms with Crippen LogP contribution in [-0.4, -0.2) is 40.1 Å². The summed E-state index contributed by atoms with van der Waals surface area (Å²) in [5.41, 5.74) is 2.02. The van der Waals surface area contributed by atoms with Crippen molar-refractivity contribution in [2.24, 2.45) is 0 Å². The molecule has 0 saturated carbocycles. The summed E-state index contributed by atoms with van der Waals surface area (Å²) in [6, 6.07) is 3.98. The lowest BCUT2D eigenvalue weighted by atomic mass is 10.3. The summed E-state index contributed by atoms with van der Waals surface area (Å²) in [5.74, 6) is 1.16. The van der Waals surface area contributed by atoms with Gasteiger partial charge in [-0.2, -0.15) is 0 Å². The van der Waals surface area contributed by atoms with E-state index in [-0.39, 0.29) is 0 Å². The Hall–Kier alpha value is -1.42. The lowest BCUT2D eigenvalue weighted by molar-refractivity contribution is 0.382. The van der Waals surface area contributed by atoms with E-state index in [1.807, 2.05) is 18.3 Å². The molecule has 17 heavy (non-hydrogen) atoms. The second-order valence-electron chi connectivity index (χ2n) is 4.58. The molecule has 0 unspecified atom stereocenters. The lowest BCUT2D eigenvalue weighted by Crippen LogP contribution is -2.19. The smallest absolute Gasteiger partial charge is 0.160 e. The molecule has 0 saturated heterocycles. The van der Waals surface area contributed by atoms with Crippen molar-refractivity contribution >= 4 is 11.2 Å². The highest BCUT2D eigenvalue weighted by Gasteiger charge is 2.10. The van der Waals surface area contributed by atoms with Crippen molar-refractivity contribution < 1.29 is 0 Å². The summed E-state index contributed by atoms with van der Waals surface area (Å²) in [4.78, 5) is 11.3. The van der Waals surface area contributed by atoms with Gasteiger partial charge in [0.1, 0.15) is 11.3 Å². The molecular formula is C13H20N4. The minimum atomic E-state index is 0.954. The summed E-state index contributed by atoms with van der Waals surface area (Å²) >= 11 is 0. The Bertz CT molecular complexity index is 487. The highest BCUT2D eigenvalue weighted by Crippen LogP contribution is 2.14. The minimum absolute atomic E-state index is 0.954. The summed E-state index contributed by atoms with van der Waals surface area (Å²) in [6.07, 6.45) is 3.97. The molecule has 92 valence electrons. The fraction of sp³-hybridized carbons (Fsp3) is 0.538. The standard InChI is InChI=1S/C13H20N4/c1-4-6-12-15-11-7-5-8-14-13(11)17(12)10-9-16(2)3/h5,7-8H,4,6,9-10H2,1-3H3. The second kappa shape index (κ2) is 5.27. The number of nitrogens with zero attached hydrogens (tertiary/aromatic N) is 4. The molecule has 0 aliphatic carbocycles. The first-order valence-electron chi connectivity index (χ1n) is 6.17. The quantitative estimate of drug-likeness (QED) is 0.790. The first-order valence-corrected chi connectivity index (χ1v) is 6.17. The molecule has 4 nitrogen and oxygen atoms in total. The second-order valence-corrected chi connectivity index (χ2v) is 4.58. The Balaban J connectivity index is 2.37. The van der Waals surface area contributed by atoms with Crippen molar-refractivity contribution in [3.63, 3.8) is 0 Å². The third-order valence-corrected chi connectivity index (χ3v) is 2.83. The number of aromatic nitrogens is 3. The number of pyridine rings is 1. The van der Waals surface area contributed by atoms with Crippen LogP contribution in [0.25, 0.3) is 11.2 Å². The molecule has 2 rings (SSSR count). The van der Waals surface area contributed by atoms with Gasteiger partial charge in [-0.15, -0.1) is 0 Å². The van der Waals surface area contributed by atoms with E-state index in [2.05, 4.69) is 40.5 Å². The maximum atomic E-state index is 4.66. The normalized spacial score (nSPS) is 11.5. The third-order valence-electron chi connectivity index (χ3n) is 2.83. The van der Waals surface area contributed by atoms with E-state index >= 15 is 0 Å². The molecular weight excluding hydrogens is 212 g/mol. The van der Waals surface area contributed by atoms with Gasteiger partial charge in [-0.3, -0.25) is 0 Å². The van der Waals surface area contributed by atoms with E-state index in [1.54, 1.807) is 0 Å². The molecule has 2 heterocycles. The van der Waals surface area contributed by atoms with Crippen molar-refractivity contribution in [2.75, 3.05) is 20.6 Å². The Kier molecular flexibility index (Phi) is 3.74.